The van der Waals surface area contributed by atoms with E-state index in [4.69, 9.17) is 0 Å². The van der Waals surface area contributed by atoms with Crippen molar-refractivity contribution in [3.63, 3.8) is 0 Å². The summed E-state index contributed by atoms with van der Waals surface area (Å²) >= 11 is 0. The van der Waals surface area contributed by atoms with Crippen LogP contribution in [-0.4, -0.2) is 13.0 Å². The van der Waals surface area contributed by atoms with Crippen molar-refractivity contribution in [2.75, 3.05) is 0 Å². The lowest BCUT2D eigenvalue weighted by Crippen LogP contribution is -2.04. The van der Waals surface area contributed by atoms with E-state index in [1.807, 2.05) is 24.3 Å². The Kier molecular flexibility index (Phi) is 9.84. The van der Waals surface area contributed by atoms with Crippen LogP contribution in [0.2, 0.25) is 0 Å². The molecule has 2 aromatic carbocycles. The fraction of sp³-hybridized carbons (Fsp3) is 0.524. The molecule has 4 N–H and O–H groups in total. The average molecular weight is 380 g/mol. The van der Waals surface area contributed by atoms with Gasteiger partial charge in [0.1, 0.15) is 4.90 Å². The van der Waals surface area contributed by atoms with Gasteiger partial charge in [0.05, 0.1) is 0 Å². The summed E-state index contributed by atoms with van der Waals surface area (Å²) < 4.78 is 33.5. The predicted molar refractivity (Wildman–Crippen MR) is 110 cm³/mol. The molecular formula is C21H33NO3S. The molecule has 0 aliphatic rings. The Morgan fingerprint density at radius 3 is 2.00 bits per heavy atom. The van der Waals surface area contributed by atoms with Crippen LogP contribution in [0.3, 0.4) is 0 Å². The molecular weight excluding hydrogens is 346 g/mol. The molecule has 146 valence electrons. The van der Waals surface area contributed by atoms with Crippen LogP contribution < -0.4 is 6.15 Å². The largest absolute Gasteiger partial charge is 0.344 e. The van der Waals surface area contributed by atoms with Crippen LogP contribution in [0.5, 0.6) is 0 Å². The van der Waals surface area contributed by atoms with Crippen molar-refractivity contribution in [1.29, 1.82) is 0 Å². The third-order valence-electron chi connectivity index (χ3n) is 4.77. The zero-order chi connectivity index (χ0) is 18.1. The van der Waals surface area contributed by atoms with Gasteiger partial charge in [0.15, 0.2) is 0 Å². The highest BCUT2D eigenvalue weighted by Gasteiger charge is 2.18. The summed E-state index contributed by atoms with van der Waals surface area (Å²) in [4.78, 5) is 0.0881. The Morgan fingerprint density at radius 1 is 0.808 bits per heavy atom. The number of hydrogen-bond acceptors (Lipinski definition) is 3. The lowest BCUT2D eigenvalue weighted by Gasteiger charge is -2.11. The van der Waals surface area contributed by atoms with E-state index in [1.165, 1.54) is 44.9 Å². The van der Waals surface area contributed by atoms with Crippen LogP contribution in [0, 0.1) is 0 Å². The summed E-state index contributed by atoms with van der Waals surface area (Å²) in [5.41, 5.74) is 0.726. The Bertz CT molecular complexity index is 772. The van der Waals surface area contributed by atoms with Crippen molar-refractivity contribution < 1.29 is 13.0 Å². The van der Waals surface area contributed by atoms with E-state index in [0.717, 1.165) is 23.8 Å². The molecule has 2 aromatic rings. The fourth-order valence-corrected chi connectivity index (χ4v) is 4.38. The number of aryl methyl sites for hydroxylation is 1. The maximum absolute atomic E-state index is 11.9. The second kappa shape index (κ2) is 11.3. The van der Waals surface area contributed by atoms with Crippen LogP contribution in [0.4, 0.5) is 0 Å². The summed E-state index contributed by atoms with van der Waals surface area (Å²) in [5.74, 6) is 0. The first-order chi connectivity index (χ1) is 12.0. The van der Waals surface area contributed by atoms with Gasteiger partial charge in [0.2, 0.25) is 0 Å². The minimum Gasteiger partial charge on any atom is -0.344 e. The smallest absolute Gasteiger partial charge is 0.295 e. The van der Waals surface area contributed by atoms with E-state index in [1.54, 1.807) is 12.1 Å². The maximum atomic E-state index is 11.9. The first-order valence-corrected chi connectivity index (χ1v) is 11.0. The predicted octanol–water partition coefficient (Wildman–Crippen LogP) is 6.32. The molecule has 0 saturated carbocycles. The topological polar surface area (TPSA) is 89.4 Å². The second-order valence-electron chi connectivity index (χ2n) is 6.83. The molecule has 0 aliphatic carbocycles. The summed E-state index contributed by atoms with van der Waals surface area (Å²) in [6, 6.07) is 11.1. The zero-order valence-corrected chi connectivity index (χ0v) is 16.7. The normalized spacial score (nSPS) is 11.5. The summed E-state index contributed by atoms with van der Waals surface area (Å²) in [5, 5.41) is 1.45. The van der Waals surface area contributed by atoms with Crippen molar-refractivity contribution in [3.05, 3.63) is 42.0 Å². The fourth-order valence-electron chi connectivity index (χ4n) is 3.42. The highest BCUT2D eigenvalue weighted by molar-refractivity contribution is 7.86. The number of rotatable bonds is 11. The maximum Gasteiger partial charge on any atom is 0.295 e. The Morgan fingerprint density at radius 2 is 1.38 bits per heavy atom. The Labute approximate surface area is 158 Å². The number of fused-ring (bicyclic) bond motifs is 1. The molecule has 0 spiro atoms. The Balaban J connectivity index is 0.00000338. The van der Waals surface area contributed by atoms with Crippen molar-refractivity contribution in [2.24, 2.45) is 0 Å². The third kappa shape index (κ3) is 6.71. The van der Waals surface area contributed by atoms with Crippen molar-refractivity contribution in [1.82, 2.24) is 6.15 Å². The molecule has 0 bridgehead atoms. The average Bonchev–Trinajstić information content (AvgIpc) is 2.59. The first kappa shape index (κ1) is 22.6. The van der Waals surface area contributed by atoms with Gasteiger partial charge in [0, 0.05) is 5.39 Å². The minimum absolute atomic E-state index is 0. The minimum atomic E-state index is -4.22. The molecule has 4 nitrogen and oxygen atoms in total. The lowest BCUT2D eigenvalue weighted by molar-refractivity contribution is 0.482. The van der Waals surface area contributed by atoms with E-state index in [2.05, 4.69) is 6.92 Å². The molecule has 0 saturated heterocycles. The van der Waals surface area contributed by atoms with Gasteiger partial charge in [-0.05, 0) is 23.8 Å². The molecule has 0 unspecified atom stereocenters. The monoisotopic (exact) mass is 379 g/mol. The van der Waals surface area contributed by atoms with Gasteiger partial charge in [-0.3, -0.25) is 4.55 Å². The van der Waals surface area contributed by atoms with E-state index in [0.29, 0.717) is 11.8 Å². The number of benzene rings is 2. The third-order valence-corrected chi connectivity index (χ3v) is 5.77. The summed E-state index contributed by atoms with van der Waals surface area (Å²) in [6.07, 6.45) is 11.8. The van der Waals surface area contributed by atoms with Gasteiger partial charge >= 0.3 is 0 Å². The number of unbranched alkanes of at least 4 members (excludes halogenated alkanes) is 8. The first-order valence-electron chi connectivity index (χ1n) is 9.52. The van der Waals surface area contributed by atoms with Crippen LogP contribution in [-0.2, 0) is 16.5 Å². The van der Waals surface area contributed by atoms with Crippen molar-refractivity contribution >= 4 is 20.9 Å². The molecule has 0 fully saturated rings. The second-order valence-corrected chi connectivity index (χ2v) is 8.19. The van der Waals surface area contributed by atoms with Crippen LogP contribution in [0.15, 0.2) is 41.3 Å². The molecule has 5 heteroatoms. The van der Waals surface area contributed by atoms with E-state index in [-0.39, 0.29) is 11.0 Å². The van der Waals surface area contributed by atoms with E-state index >= 15 is 0 Å². The van der Waals surface area contributed by atoms with Crippen molar-refractivity contribution in [3.8, 4) is 0 Å². The van der Waals surface area contributed by atoms with Gasteiger partial charge < -0.3 is 6.15 Å². The molecule has 2 rings (SSSR count). The van der Waals surface area contributed by atoms with E-state index < -0.39 is 10.1 Å². The molecule has 0 aliphatic heterocycles. The molecule has 0 radical (unpaired) electrons. The Hall–Kier alpha value is -1.43. The summed E-state index contributed by atoms with van der Waals surface area (Å²) in [6.45, 7) is 2.23. The molecule has 0 heterocycles. The zero-order valence-electron chi connectivity index (χ0n) is 15.9. The van der Waals surface area contributed by atoms with Crippen molar-refractivity contribution in [2.45, 2.75) is 76.0 Å². The van der Waals surface area contributed by atoms with Gasteiger partial charge in [0.25, 0.3) is 10.1 Å². The summed E-state index contributed by atoms with van der Waals surface area (Å²) in [7, 11) is -4.22. The van der Waals surface area contributed by atoms with Gasteiger partial charge in [-0.25, -0.2) is 0 Å². The molecule has 26 heavy (non-hydrogen) atoms. The molecule has 0 aromatic heterocycles. The van der Waals surface area contributed by atoms with Gasteiger partial charge in [-0.15, -0.1) is 0 Å². The quantitative estimate of drug-likeness (QED) is 0.353. The van der Waals surface area contributed by atoms with Crippen LogP contribution in [0.1, 0.15) is 70.3 Å². The van der Waals surface area contributed by atoms with Gasteiger partial charge in [-0.1, -0.05) is 94.7 Å². The van der Waals surface area contributed by atoms with Gasteiger partial charge in [-0.2, -0.15) is 8.42 Å². The number of hydrogen-bond donors (Lipinski definition) is 2. The highest BCUT2D eigenvalue weighted by atomic mass is 32.2. The van der Waals surface area contributed by atoms with Crippen LogP contribution >= 0.6 is 0 Å². The standard InChI is InChI=1S/C21H30O3S.H3N/c1-2-3-4-5-6-7-8-9-10-14-19-17-16-18-13-11-12-15-20(18)21(19)25(22,23)24;/h11-13,15-17H,2-10,14H2,1H3,(H,22,23,24);1H3. The van der Waals surface area contributed by atoms with Crippen LogP contribution in [0.25, 0.3) is 10.8 Å². The SMILES string of the molecule is CCCCCCCCCCCc1ccc2ccccc2c1S(=O)(=O)O.N. The van der Waals surface area contributed by atoms with E-state index in [9.17, 15) is 13.0 Å². The molecule has 0 atom stereocenters. The lowest BCUT2D eigenvalue weighted by atomic mass is 10.0. The molecule has 0 amide bonds. The highest BCUT2D eigenvalue weighted by Crippen LogP contribution is 2.28.